The standard InChI is InChI=1S/C12H11NO4/c1-7-9(12(15)17-13-7)5-8-3-4-10(14)11(6-8)16-2/h3-6,14H,1-2H3/b9-5+. The van der Waals surface area contributed by atoms with Gasteiger partial charge in [0.15, 0.2) is 11.5 Å². The third-order valence-corrected chi connectivity index (χ3v) is 2.39. The molecule has 17 heavy (non-hydrogen) atoms. The molecular formula is C12H11NO4. The molecule has 5 nitrogen and oxygen atoms in total. The number of ether oxygens (including phenoxy) is 1. The summed E-state index contributed by atoms with van der Waals surface area (Å²) in [6.07, 6.45) is 1.64. The highest BCUT2D eigenvalue weighted by molar-refractivity contribution is 6.24. The summed E-state index contributed by atoms with van der Waals surface area (Å²) in [7, 11) is 1.46. The second-order valence-corrected chi connectivity index (χ2v) is 3.54. The van der Waals surface area contributed by atoms with Gasteiger partial charge in [-0.05, 0) is 30.7 Å². The van der Waals surface area contributed by atoms with Crippen molar-refractivity contribution in [3.8, 4) is 11.5 Å². The minimum Gasteiger partial charge on any atom is -0.504 e. The Labute approximate surface area is 98.0 Å². The van der Waals surface area contributed by atoms with Crippen LogP contribution in [0.5, 0.6) is 11.5 Å². The van der Waals surface area contributed by atoms with Crippen molar-refractivity contribution in [2.24, 2.45) is 5.16 Å². The zero-order valence-corrected chi connectivity index (χ0v) is 9.43. The molecule has 0 spiro atoms. The molecule has 0 bridgehead atoms. The molecule has 0 radical (unpaired) electrons. The molecule has 0 saturated carbocycles. The Hall–Kier alpha value is -2.30. The molecule has 1 N–H and O–H groups in total. The fourth-order valence-electron chi connectivity index (χ4n) is 1.47. The molecule has 1 heterocycles. The molecule has 1 aromatic carbocycles. The van der Waals surface area contributed by atoms with Crippen LogP contribution >= 0.6 is 0 Å². The molecule has 1 aliphatic heterocycles. The maximum Gasteiger partial charge on any atom is 0.367 e. The molecular weight excluding hydrogens is 222 g/mol. The highest BCUT2D eigenvalue weighted by atomic mass is 16.7. The fourth-order valence-corrected chi connectivity index (χ4v) is 1.47. The molecule has 1 aliphatic rings. The molecule has 0 aromatic heterocycles. The number of phenolic OH excluding ortho intramolecular Hbond substituents is 1. The predicted octanol–water partition coefficient (Wildman–Crippen LogP) is 1.72. The minimum atomic E-state index is -0.477. The highest BCUT2D eigenvalue weighted by Crippen LogP contribution is 2.27. The van der Waals surface area contributed by atoms with Gasteiger partial charge in [0, 0.05) is 0 Å². The molecule has 0 fully saturated rings. The molecule has 0 saturated heterocycles. The van der Waals surface area contributed by atoms with Gasteiger partial charge < -0.3 is 14.7 Å². The molecule has 1 aromatic rings. The Bertz CT molecular complexity index is 531. The largest absolute Gasteiger partial charge is 0.504 e. The van der Waals surface area contributed by atoms with E-state index in [9.17, 15) is 9.90 Å². The fraction of sp³-hybridized carbons (Fsp3) is 0.167. The van der Waals surface area contributed by atoms with Crippen LogP contribution in [0.15, 0.2) is 28.9 Å². The third-order valence-electron chi connectivity index (χ3n) is 2.39. The quantitative estimate of drug-likeness (QED) is 0.623. The zero-order valence-electron chi connectivity index (χ0n) is 9.43. The van der Waals surface area contributed by atoms with Crippen LogP contribution in [0.1, 0.15) is 12.5 Å². The average Bonchev–Trinajstić information content (AvgIpc) is 2.63. The van der Waals surface area contributed by atoms with Gasteiger partial charge >= 0.3 is 5.97 Å². The highest BCUT2D eigenvalue weighted by Gasteiger charge is 2.21. The Morgan fingerprint density at radius 2 is 2.24 bits per heavy atom. The van der Waals surface area contributed by atoms with Crippen LogP contribution in [0.3, 0.4) is 0 Å². The van der Waals surface area contributed by atoms with E-state index in [0.29, 0.717) is 17.0 Å². The number of phenols is 1. The van der Waals surface area contributed by atoms with Crippen molar-refractivity contribution < 1.29 is 19.5 Å². The molecule has 2 rings (SSSR count). The monoisotopic (exact) mass is 233 g/mol. The van der Waals surface area contributed by atoms with Gasteiger partial charge in [0.05, 0.1) is 18.4 Å². The first-order valence-corrected chi connectivity index (χ1v) is 4.97. The van der Waals surface area contributed by atoms with Crippen LogP contribution in [0.2, 0.25) is 0 Å². The minimum absolute atomic E-state index is 0.0500. The number of methoxy groups -OCH3 is 1. The number of nitrogens with zero attached hydrogens (tertiary/aromatic N) is 1. The van der Waals surface area contributed by atoms with Gasteiger partial charge in [0.25, 0.3) is 0 Å². The number of hydrogen-bond acceptors (Lipinski definition) is 5. The average molecular weight is 233 g/mol. The summed E-state index contributed by atoms with van der Waals surface area (Å²) in [5, 5.41) is 13.0. The number of hydrogen-bond donors (Lipinski definition) is 1. The van der Waals surface area contributed by atoms with E-state index in [1.165, 1.54) is 13.2 Å². The van der Waals surface area contributed by atoms with Crippen molar-refractivity contribution in [2.45, 2.75) is 6.92 Å². The van der Waals surface area contributed by atoms with E-state index in [2.05, 4.69) is 9.99 Å². The lowest BCUT2D eigenvalue weighted by Gasteiger charge is -2.04. The number of carbonyl (C=O) groups is 1. The predicted molar refractivity (Wildman–Crippen MR) is 61.8 cm³/mol. The Morgan fingerprint density at radius 1 is 1.47 bits per heavy atom. The van der Waals surface area contributed by atoms with E-state index in [0.717, 1.165) is 5.56 Å². The summed E-state index contributed by atoms with van der Waals surface area (Å²) >= 11 is 0. The first-order valence-electron chi connectivity index (χ1n) is 4.97. The van der Waals surface area contributed by atoms with Gasteiger partial charge in [-0.2, -0.15) is 0 Å². The van der Waals surface area contributed by atoms with Crippen LogP contribution in [0, 0.1) is 0 Å². The van der Waals surface area contributed by atoms with Crippen molar-refractivity contribution in [3.63, 3.8) is 0 Å². The lowest BCUT2D eigenvalue weighted by Crippen LogP contribution is -2.01. The lowest BCUT2D eigenvalue weighted by molar-refractivity contribution is -0.136. The van der Waals surface area contributed by atoms with Crippen LogP contribution in [0.4, 0.5) is 0 Å². The van der Waals surface area contributed by atoms with E-state index < -0.39 is 5.97 Å². The zero-order chi connectivity index (χ0) is 12.4. The Morgan fingerprint density at radius 3 is 2.82 bits per heavy atom. The summed E-state index contributed by atoms with van der Waals surface area (Å²) in [5.41, 5.74) is 1.66. The van der Waals surface area contributed by atoms with Gasteiger partial charge in [-0.15, -0.1) is 0 Å². The third kappa shape index (κ3) is 2.13. The first-order chi connectivity index (χ1) is 8.11. The van der Waals surface area contributed by atoms with Crippen LogP contribution in [-0.2, 0) is 9.63 Å². The van der Waals surface area contributed by atoms with Crippen molar-refractivity contribution >= 4 is 17.8 Å². The smallest absolute Gasteiger partial charge is 0.367 e. The van der Waals surface area contributed by atoms with Crippen molar-refractivity contribution in [1.29, 1.82) is 0 Å². The van der Waals surface area contributed by atoms with Crippen LogP contribution < -0.4 is 4.74 Å². The topological polar surface area (TPSA) is 68.1 Å². The SMILES string of the molecule is COc1cc(/C=C2/C(=O)ON=C2C)ccc1O. The number of oxime groups is 1. The van der Waals surface area contributed by atoms with Gasteiger partial charge in [-0.25, -0.2) is 4.79 Å². The van der Waals surface area contributed by atoms with Crippen LogP contribution in [0.25, 0.3) is 6.08 Å². The maximum atomic E-state index is 11.3. The van der Waals surface area contributed by atoms with Crippen molar-refractivity contribution in [1.82, 2.24) is 0 Å². The van der Waals surface area contributed by atoms with E-state index in [-0.39, 0.29) is 5.75 Å². The van der Waals surface area contributed by atoms with Gasteiger partial charge in [-0.3, -0.25) is 0 Å². The summed E-state index contributed by atoms with van der Waals surface area (Å²) in [6, 6.07) is 4.79. The number of carbonyl (C=O) groups excluding carboxylic acids is 1. The molecule has 88 valence electrons. The second kappa shape index (κ2) is 4.29. The molecule has 0 unspecified atom stereocenters. The van der Waals surface area contributed by atoms with E-state index >= 15 is 0 Å². The molecule has 0 atom stereocenters. The van der Waals surface area contributed by atoms with E-state index in [1.54, 1.807) is 25.1 Å². The number of benzene rings is 1. The maximum absolute atomic E-state index is 11.3. The van der Waals surface area contributed by atoms with Gasteiger partial charge in [0.1, 0.15) is 0 Å². The number of aromatic hydroxyl groups is 1. The summed E-state index contributed by atoms with van der Waals surface area (Å²) < 4.78 is 4.98. The van der Waals surface area contributed by atoms with E-state index in [4.69, 9.17) is 4.74 Å². The summed E-state index contributed by atoms with van der Waals surface area (Å²) in [4.78, 5) is 15.9. The van der Waals surface area contributed by atoms with Gasteiger partial charge in [-0.1, -0.05) is 11.2 Å². The number of rotatable bonds is 2. The Kier molecular flexibility index (Phi) is 2.82. The normalized spacial score (nSPS) is 16.9. The van der Waals surface area contributed by atoms with Crippen LogP contribution in [-0.4, -0.2) is 23.9 Å². The van der Waals surface area contributed by atoms with Crippen molar-refractivity contribution in [2.75, 3.05) is 7.11 Å². The first kappa shape index (κ1) is 11.2. The second-order valence-electron chi connectivity index (χ2n) is 3.54. The molecule has 5 heteroatoms. The van der Waals surface area contributed by atoms with E-state index in [1.807, 2.05) is 0 Å². The van der Waals surface area contributed by atoms with Crippen molar-refractivity contribution in [3.05, 3.63) is 29.3 Å². The molecule has 0 amide bonds. The van der Waals surface area contributed by atoms with Gasteiger partial charge in [0.2, 0.25) is 0 Å². The summed E-state index contributed by atoms with van der Waals surface area (Å²) in [5.74, 6) is -0.0797. The lowest BCUT2D eigenvalue weighted by atomic mass is 10.1. The molecule has 0 aliphatic carbocycles. The Balaban J connectivity index is 2.39. The summed E-state index contributed by atoms with van der Waals surface area (Å²) in [6.45, 7) is 1.69.